The highest BCUT2D eigenvalue weighted by Crippen LogP contribution is 2.58. The van der Waals surface area contributed by atoms with E-state index in [1.165, 1.54) is 0 Å². The van der Waals surface area contributed by atoms with Gasteiger partial charge in [-0.1, -0.05) is 23.7 Å². The van der Waals surface area contributed by atoms with E-state index >= 15 is 0 Å². The molecule has 0 radical (unpaired) electrons. The van der Waals surface area contributed by atoms with Crippen LogP contribution in [0.25, 0.3) is 0 Å². The van der Waals surface area contributed by atoms with Gasteiger partial charge in [0, 0.05) is 18.8 Å². The number of hydrogen-bond acceptors (Lipinski definition) is 6. The summed E-state index contributed by atoms with van der Waals surface area (Å²) >= 11 is 6.41. The van der Waals surface area contributed by atoms with Crippen LogP contribution >= 0.6 is 11.6 Å². The van der Waals surface area contributed by atoms with Crippen molar-refractivity contribution < 1.29 is 29.0 Å². The molecule has 2 aromatic rings. The van der Waals surface area contributed by atoms with E-state index in [-0.39, 0.29) is 24.3 Å². The van der Waals surface area contributed by atoms with Crippen molar-refractivity contribution >= 4 is 40.7 Å². The number of para-hydroxylation sites is 1. The van der Waals surface area contributed by atoms with Gasteiger partial charge in [-0.05, 0) is 81.8 Å². The van der Waals surface area contributed by atoms with Crippen LogP contribution in [0.2, 0.25) is 5.02 Å². The summed E-state index contributed by atoms with van der Waals surface area (Å²) < 4.78 is 12.0. The molecule has 2 aromatic carbocycles. The Hall–Kier alpha value is -3.14. The van der Waals surface area contributed by atoms with Crippen LogP contribution in [0.5, 0.6) is 5.75 Å². The maximum Gasteiger partial charge on any atom is 0.250 e. The van der Waals surface area contributed by atoms with E-state index in [1.807, 2.05) is 26.0 Å². The van der Waals surface area contributed by atoms with Crippen molar-refractivity contribution in [2.45, 2.75) is 63.7 Å². The molecule has 3 amide bonds. The number of aliphatic hydroxyl groups is 1. The van der Waals surface area contributed by atoms with Crippen molar-refractivity contribution in [3.05, 3.63) is 53.1 Å². The lowest BCUT2D eigenvalue weighted by molar-refractivity contribution is -0.139. The van der Waals surface area contributed by atoms with Gasteiger partial charge in [0.1, 0.15) is 17.4 Å². The Labute approximate surface area is 239 Å². The molecule has 0 saturated carbocycles. The molecule has 3 fully saturated rings. The minimum absolute atomic E-state index is 0.0643. The van der Waals surface area contributed by atoms with Gasteiger partial charge in [-0.2, -0.15) is 0 Å². The van der Waals surface area contributed by atoms with E-state index in [4.69, 9.17) is 21.1 Å². The lowest BCUT2D eigenvalue weighted by atomic mass is 9.70. The lowest BCUT2D eigenvalue weighted by Crippen LogP contribution is -2.53. The molecule has 3 aliphatic rings. The van der Waals surface area contributed by atoms with Gasteiger partial charge in [0.2, 0.25) is 17.7 Å². The van der Waals surface area contributed by atoms with E-state index in [9.17, 15) is 19.5 Å². The summed E-state index contributed by atoms with van der Waals surface area (Å²) in [5.41, 5.74) is 0.802. The molecule has 1 spiro atoms. The number of unbranched alkanes of at least 4 members (excludes halogenated alkanes) is 2. The van der Waals surface area contributed by atoms with Crippen molar-refractivity contribution in [1.29, 1.82) is 0 Å². The Morgan fingerprint density at radius 2 is 1.90 bits per heavy atom. The standard InChI is InChI=1S/C30H36ClN3O6/c1-3-39-20-12-10-19(11-13-20)32-27(36)23-22-14-15-30(40-22)24(23)29(38)34(16-5-4-6-17-35)26(30)28(37)33-25-18(2)8-7-9-21(25)31/h7-13,22-24,26,35H,3-6,14-17H2,1-2H3,(H,32,36)(H,33,37)/t22-,23+,24+,26?,30?/m1/s1. The third kappa shape index (κ3) is 5.06. The Morgan fingerprint density at radius 1 is 1.12 bits per heavy atom. The van der Waals surface area contributed by atoms with Crippen LogP contribution in [0.4, 0.5) is 11.4 Å². The van der Waals surface area contributed by atoms with Crippen molar-refractivity contribution in [3.63, 3.8) is 0 Å². The number of halogens is 1. The van der Waals surface area contributed by atoms with E-state index in [2.05, 4.69) is 10.6 Å². The number of rotatable bonds is 11. The fraction of sp³-hybridized carbons (Fsp3) is 0.500. The van der Waals surface area contributed by atoms with E-state index in [0.29, 0.717) is 67.4 Å². The number of anilines is 2. The predicted molar refractivity (Wildman–Crippen MR) is 151 cm³/mol. The zero-order valence-electron chi connectivity index (χ0n) is 22.8. The molecule has 3 N–H and O–H groups in total. The molecule has 10 heteroatoms. The third-order valence-corrected chi connectivity index (χ3v) is 8.63. The number of likely N-dealkylation sites (tertiary alicyclic amines) is 1. The molecule has 2 unspecified atom stereocenters. The van der Waals surface area contributed by atoms with Crippen molar-refractivity contribution in [3.8, 4) is 5.75 Å². The highest BCUT2D eigenvalue weighted by atomic mass is 35.5. The molecule has 3 heterocycles. The molecule has 5 atom stereocenters. The highest BCUT2D eigenvalue weighted by Gasteiger charge is 2.74. The lowest BCUT2D eigenvalue weighted by Gasteiger charge is -2.33. The number of carbonyl (C=O) groups excluding carboxylic acids is 3. The first-order valence-electron chi connectivity index (χ1n) is 14.0. The van der Waals surface area contributed by atoms with Gasteiger partial charge in [0.15, 0.2) is 0 Å². The summed E-state index contributed by atoms with van der Waals surface area (Å²) in [5, 5.41) is 15.5. The monoisotopic (exact) mass is 569 g/mol. The quantitative estimate of drug-likeness (QED) is 0.350. The smallest absolute Gasteiger partial charge is 0.250 e. The Morgan fingerprint density at radius 3 is 2.60 bits per heavy atom. The van der Waals surface area contributed by atoms with Crippen LogP contribution in [-0.2, 0) is 19.1 Å². The summed E-state index contributed by atoms with van der Waals surface area (Å²) in [6, 6.07) is 11.6. The maximum atomic E-state index is 14.0. The van der Waals surface area contributed by atoms with Gasteiger partial charge in [-0.15, -0.1) is 0 Å². The topological polar surface area (TPSA) is 117 Å². The van der Waals surface area contributed by atoms with Crippen LogP contribution < -0.4 is 15.4 Å². The normalized spacial score (nSPS) is 26.6. The van der Waals surface area contributed by atoms with Gasteiger partial charge in [0.05, 0.1) is 35.3 Å². The molecule has 40 heavy (non-hydrogen) atoms. The minimum Gasteiger partial charge on any atom is -0.494 e. The Kier molecular flexibility index (Phi) is 8.35. The summed E-state index contributed by atoms with van der Waals surface area (Å²) in [4.78, 5) is 43.2. The number of hydrogen-bond donors (Lipinski definition) is 3. The number of aliphatic hydroxyl groups excluding tert-OH is 1. The number of aryl methyl sites for hydroxylation is 1. The average Bonchev–Trinajstić information content (AvgIpc) is 3.57. The molecule has 0 aliphatic carbocycles. The maximum absolute atomic E-state index is 14.0. The molecule has 2 bridgehead atoms. The second-order valence-corrected chi connectivity index (χ2v) is 11.1. The third-order valence-electron chi connectivity index (χ3n) is 8.31. The van der Waals surface area contributed by atoms with Gasteiger partial charge in [-0.3, -0.25) is 14.4 Å². The molecular weight excluding hydrogens is 534 g/mol. The van der Waals surface area contributed by atoms with Crippen molar-refractivity contribution in [2.24, 2.45) is 11.8 Å². The Bertz CT molecular complexity index is 1250. The van der Waals surface area contributed by atoms with Crippen molar-refractivity contribution in [1.82, 2.24) is 4.90 Å². The first kappa shape index (κ1) is 28.4. The van der Waals surface area contributed by atoms with Crippen molar-refractivity contribution in [2.75, 3.05) is 30.4 Å². The number of ether oxygens (including phenoxy) is 2. The van der Waals surface area contributed by atoms with Gasteiger partial charge < -0.3 is 30.1 Å². The van der Waals surface area contributed by atoms with E-state index in [1.54, 1.807) is 35.2 Å². The van der Waals surface area contributed by atoms with Crippen LogP contribution in [0, 0.1) is 18.8 Å². The summed E-state index contributed by atoms with van der Waals surface area (Å²) in [6.45, 7) is 4.69. The van der Waals surface area contributed by atoms with Gasteiger partial charge in [0.25, 0.3) is 0 Å². The van der Waals surface area contributed by atoms with Gasteiger partial charge in [-0.25, -0.2) is 0 Å². The fourth-order valence-electron chi connectivity index (χ4n) is 6.57. The summed E-state index contributed by atoms with van der Waals surface area (Å²) in [7, 11) is 0. The molecule has 3 aliphatic heterocycles. The molecular formula is C30H36ClN3O6. The van der Waals surface area contributed by atoms with Crippen LogP contribution in [-0.4, -0.2) is 65.2 Å². The first-order valence-corrected chi connectivity index (χ1v) is 14.4. The molecule has 5 rings (SSSR count). The van der Waals surface area contributed by atoms with Crippen LogP contribution in [0.3, 0.4) is 0 Å². The van der Waals surface area contributed by atoms with Crippen LogP contribution in [0.1, 0.15) is 44.6 Å². The second kappa shape index (κ2) is 11.8. The fourth-order valence-corrected chi connectivity index (χ4v) is 6.84. The molecule has 3 saturated heterocycles. The number of benzene rings is 2. The second-order valence-electron chi connectivity index (χ2n) is 10.7. The number of nitrogens with zero attached hydrogens (tertiary/aromatic N) is 1. The zero-order valence-corrected chi connectivity index (χ0v) is 23.6. The largest absolute Gasteiger partial charge is 0.494 e. The predicted octanol–water partition coefficient (Wildman–Crippen LogP) is 4.16. The number of fused-ring (bicyclic) bond motifs is 1. The molecule has 214 valence electrons. The molecule has 9 nitrogen and oxygen atoms in total. The minimum atomic E-state index is -1.10. The van der Waals surface area contributed by atoms with E-state index in [0.717, 1.165) is 5.56 Å². The molecule has 0 aromatic heterocycles. The Balaban J connectivity index is 1.42. The summed E-state index contributed by atoms with van der Waals surface area (Å²) in [5.74, 6) is -1.69. The highest BCUT2D eigenvalue weighted by molar-refractivity contribution is 6.34. The number of amides is 3. The SMILES string of the molecule is CCOc1ccc(NC(=O)[C@@H]2[C@H]3C(=O)N(CCCCCO)C(C(=O)Nc4c(C)cccc4Cl)C34CC[C@H]2O4)cc1. The van der Waals surface area contributed by atoms with Gasteiger partial charge >= 0.3 is 0 Å². The number of nitrogens with one attached hydrogen (secondary N) is 2. The van der Waals surface area contributed by atoms with Crippen LogP contribution in [0.15, 0.2) is 42.5 Å². The first-order chi connectivity index (χ1) is 19.3. The summed E-state index contributed by atoms with van der Waals surface area (Å²) in [6.07, 6.45) is 2.58. The number of carbonyl (C=O) groups is 3. The van der Waals surface area contributed by atoms with E-state index < -0.39 is 29.6 Å². The average molecular weight is 570 g/mol. The zero-order chi connectivity index (χ0) is 28.4.